The van der Waals surface area contributed by atoms with Gasteiger partial charge in [0.15, 0.2) is 6.26 Å². The number of hydrogen-bond donors (Lipinski definition) is 1. The molecule has 0 bridgehead atoms. The van der Waals surface area contributed by atoms with Gasteiger partial charge < -0.3 is 20.1 Å². The maximum atomic E-state index is 12.2. The third-order valence-corrected chi connectivity index (χ3v) is 8.20. The molecule has 38 heavy (non-hydrogen) atoms. The van der Waals surface area contributed by atoms with Crippen molar-refractivity contribution in [3.05, 3.63) is 77.8 Å². The number of primary amides is 1. The van der Waals surface area contributed by atoms with Crippen molar-refractivity contribution in [1.82, 2.24) is 9.80 Å². The minimum Gasteiger partial charge on any atom is -0.464 e. The molecule has 8 nitrogen and oxygen atoms in total. The minimum absolute atomic E-state index is 0.446. The molecule has 0 radical (unpaired) electrons. The SMILES string of the molecule is N#Cc1ccc2sc(N(CCCCN3CCN(C4=COC=C(CC5=CC=CCC5)O4)CC3)C(N)=O)cc2c1. The molecular weight excluding hydrogens is 498 g/mol. The number of ether oxygens (including phenoxy) is 2. The topological polar surface area (TPSA) is 95.1 Å². The molecule has 198 valence electrons. The Labute approximate surface area is 227 Å². The number of piperazine rings is 1. The molecule has 3 aliphatic rings. The number of nitrogens with two attached hydrogens (primary N) is 1. The average molecular weight is 532 g/mol. The van der Waals surface area contributed by atoms with E-state index in [-0.39, 0.29) is 0 Å². The Kier molecular flexibility index (Phi) is 8.31. The average Bonchev–Trinajstić information content (AvgIpc) is 3.36. The van der Waals surface area contributed by atoms with Gasteiger partial charge >= 0.3 is 6.03 Å². The number of carbonyl (C=O) groups excluding carboxylic acids is 1. The van der Waals surface area contributed by atoms with Crippen LogP contribution in [0.3, 0.4) is 0 Å². The molecular formula is C29H33N5O3S. The summed E-state index contributed by atoms with van der Waals surface area (Å²) in [4.78, 5) is 18.5. The molecule has 1 aliphatic carbocycles. The van der Waals surface area contributed by atoms with Crippen LogP contribution in [0.4, 0.5) is 9.80 Å². The Hall–Kier alpha value is -3.74. The Bertz CT molecular complexity index is 1330. The van der Waals surface area contributed by atoms with Gasteiger partial charge in [0.05, 0.1) is 11.6 Å². The lowest BCUT2D eigenvalue weighted by Gasteiger charge is -2.37. The lowest BCUT2D eigenvalue weighted by Crippen LogP contribution is -2.46. The van der Waals surface area contributed by atoms with Crippen molar-refractivity contribution in [3.63, 3.8) is 0 Å². The van der Waals surface area contributed by atoms with Gasteiger partial charge in [-0.2, -0.15) is 5.26 Å². The van der Waals surface area contributed by atoms with Gasteiger partial charge in [0.2, 0.25) is 5.88 Å². The maximum Gasteiger partial charge on any atom is 0.319 e. The van der Waals surface area contributed by atoms with E-state index in [1.165, 1.54) is 16.9 Å². The second-order valence-corrected chi connectivity index (χ2v) is 10.8. The fourth-order valence-corrected chi connectivity index (χ4v) is 6.02. The molecule has 1 aromatic carbocycles. The number of thiophene rings is 1. The summed E-state index contributed by atoms with van der Waals surface area (Å²) in [5, 5.41) is 10.9. The van der Waals surface area contributed by atoms with Gasteiger partial charge in [-0.05, 0) is 61.9 Å². The molecule has 0 spiro atoms. The predicted molar refractivity (Wildman–Crippen MR) is 150 cm³/mol. The second kappa shape index (κ2) is 12.2. The van der Waals surface area contributed by atoms with Crippen LogP contribution in [0.1, 0.15) is 37.7 Å². The summed E-state index contributed by atoms with van der Waals surface area (Å²) < 4.78 is 12.8. The van der Waals surface area contributed by atoms with Crippen LogP contribution in [-0.4, -0.2) is 55.1 Å². The van der Waals surface area contributed by atoms with E-state index >= 15 is 0 Å². The molecule has 2 aliphatic heterocycles. The van der Waals surface area contributed by atoms with E-state index in [1.807, 2.05) is 18.2 Å². The highest BCUT2D eigenvalue weighted by molar-refractivity contribution is 7.23. The third kappa shape index (κ3) is 6.39. The lowest BCUT2D eigenvalue weighted by molar-refractivity contribution is 0.0747. The zero-order valence-corrected chi connectivity index (χ0v) is 22.3. The Morgan fingerprint density at radius 3 is 2.79 bits per heavy atom. The van der Waals surface area contributed by atoms with E-state index in [0.717, 1.165) is 91.6 Å². The van der Waals surface area contributed by atoms with E-state index in [4.69, 9.17) is 20.5 Å². The van der Waals surface area contributed by atoms with Crippen molar-refractivity contribution in [2.45, 2.75) is 32.1 Å². The summed E-state index contributed by atoms with van der Waals surface area (Å²) in [6, 6.07) is 9.22. The van der Waals surface area contributed by atoms with Crippen molar-refractivity contribution in [1.29, 1.82) is 5.26 Å². The molecule has 0 unspecified atom stereocenters. The molecule has 2 N–H and O–H groups in total. The number of nitrogens with zero attached hydrogens (tertiary/aromatic N) is 4. The Balaban J connectivity index is 1.05. The fraction of sp³-hybridized carbons (Fsp3) is 0.379. The van der Waals surface area contributed by atoms with E-state index in [2.05, 4.69) is 34.1 Å². The van der Waals surface area contributed by atoms with Gasteiger partial charge in [-0.1, -0.05) is 23.8 Å². The zero-order valence-electron chi connectivity index (χ0n) is 21.5. The van der Waals surface area contributed by atoms with Crippen molar-refractivity contribution in [3.8, 4) is 6.07 Å². The van der Waals surface area contributed by atoms with E-state index in [9.17, 15) is 4.79 Å². The largest absolute Gasteiger partial charge is 0.464 e. The monoisotopic (exact) mass is 531 g/mol. The summed E-state index contributed by atoms with van der Waals surface area (Å²) in [6.45, 7) is 5.22. The van der Waals surface area contributed by atoms with Crippen LogP contribution in [-0.2, 0) is 9.47 Å². The van der Waals surface area contributed by atoms with Gasteiger partial charge in [-0.15, -0.1) is 11.3 Å². The van der Waals surface area contributed by atoms with Crippen molar-refractivity contribution in [2.75, 3.05) is 44.2 Å². The van der Waals surface area contributed by atoms with E-state index in [1.54, 1.807) is 23.5 Å². The van der Waals surface area contributed by atoms with Gasteiger partial charge in [0.1, 0.15) is 17.0 Å². The number of allylic oxidation sites excluding steroid dienone is 4. The highest BCUT2D eigenvalue weighted by Gasteiger charge is 2.23. The Morgan fingerprint density at radius 2 is 2.03 bits per heavy atom. The van der Waals surface area contributed by atoms with Gasteiger partial charge in [-0.25, -0.2) is 4.79 Å². The van der Waals surface area contributed by atoms with Crippen LogP contribution in [0.15, 0.2) is 72.2 Å². The fourth-order valence-electron chi connectivity index (χ4n) is 4.95. The molecule has 0 atom stereocenters. The second-order valence-electron chi connectivity index (χ2n) is 9.72. The molecule has 9 heteroatoms. The first kappa shape index (κ1) is 25.9. The van der Waals surface area contributed by atoms with Gasteiger partial charge in [0.25, 0.3) is 0 Å². The normalized spacial score (nSPS) is 17.7. The van der Waals surface area contributed by atoms with Crippen LogP contribution in [0, 0.1) is 11.3 Å². The molecule has 2 aromatic rings. The molecule has 5 rings (SSSR count). The first-order valence-corrected chi connectivity index (χ1v) is 14.0. The maximum absolute atomic E-state index is 12.2. The molecule has 1 fully saturated rings. The smallest absolute Gasteiger partial charge is 0.319 e. The molecule has 1 saturated heterocycles. The Morgan fingerprint density at radius 1 is 1.16 bits per heavy atom. The van der Waals surface area contributed by atoms with Gasteiger partial charge in [0, 0.05) is 43.8 Å². The van der Waals surface area contributed by atoms with Crippen LogP contribution in [0.25, 0.3) is 10.1 Å². The number of hydrogen-bond acceptors (Lipinski definition) is 7. The zero-order chi connectivity index (χ0) is 26.3. The first-order chi connectivity index (χ1) is 18.6. The summed E-state index contributed by atoms with van der Waals surface area (Å²) in [5.41, 5.74) is 7.68. The first-order valence-electron chi connectivity index (χ1n) is 13.1. The number of benzene rings is 1. The number of carbonyl (C=O) groups is 1. The molecule has 2 amide bonds. The summed E-state index contributed by atoms with van der Waals surface area (Å²) in [6.07, 6.45) is 14.6. The molecule has 3 heterocycles. The standard InChI is InChI=1S/C29H33N5O3S/c30-19-23-8-9-26-24(16-23)18-28(38-26)34(29(31)35)11-5-4-10-32-12-14-33(15-13-32)27-21-36-20-25(37-27)17-22-6-2-1-3-7-22/h1-2,6,8-9,16,18,20-21H,3-5,7,10-15,17H2,(H2,31,35). The van der Waals surface area contributed by atoms with Crippen LogP contribution in [0.5, 0.6) is 0 Å². The minimum atomic E-state index is -0.446. The van der Waals surface area contributed by atoms with Gasteiger partial charge in [-0.3, -0.25) is 9.80 Å². The predicted octanol–water partition coefficient (Wildman–Crippen LogP) is 5.41. The number of anilines is 1. The number of fused-ring (bicyclic) bond motifs is 1. The third-order valence-electron chi connectivity index (χ3n) is 7.06. The quantitative estimate of drug-likeness (QED) is 0.435. The van der Waals surface area contributed by atoms with Crippen LogP contribution >= 0.6 is 11.3 Å². The van der Waals surface area contributed by atoms with Crippen molar-refractivity contribution in [2.24, 2.45) is 5.73 Å². The highest BCUT2D eigenvalue weighted by atomic mass is 32.1. The van der Waals surface area contributed by atoms with Crippen LogP contribution in [0.2, 0.25) is 0 Å². The summed E-state index contributed by atoms with van der Waals surface area (Å²) in [5.74, 6) is 1.64. The summed E-state index contributed by atoms with van der Waals surface area (Å²) in [7, 11) is 0. The van der Waals surface area contributed by atoms with Crippen molar-refractivity contribution >= 4 is 32.5 Å². The highest BCUT2D eigenvalue weighted by Crippen LogP contribution is 2.33. The van der Waals surface area contributed by atoms with E-state index in [0.29, 0.717) is 12.1 Å². The lowest BCUT2D eigenvalue weighted by atomic mass is 10.0. The number of rotatable bonds is 9. The number of amides is 2. The summed E-state index contributed by atoms with van der Waals surface area (Å²) >= 11 is 1.52. The number of unbranched alkanes of at least 4 members (excludes halogenated alkanes) is 1. The van der Waals surface area contributed by atoms with Crippen molar-refractivity contribution < 1.29 is 14.3 Å². The van der Waals surface area contributed by atoms with E-state index < -0.39 is 6.03 Å². The number of nitriles is 1. The molecule has 1 aromatic heterocycles. The van der Waals surface area contributed by atoms with Crippen LogP contribution < -0.4 is 10.6 Å². The number of urea groups is 1. The molecule has 0 saturated carbocycles.